The first-order valence-corrected chi connectivity index (χ1v) is 10.1. The van der Waals surface area contributed by atoms with Gasteiger partial charge in [0.1, 0.15) is 17.6 Å². The van der Waals surface area contributed by atoms with Crippen LogP contribution in [0.1, 0.15) is 31.9 Å². The quantitative estimate of drug-likeness (QED) is 0.484. The first-order chi connectivity index (χ1) is 13.5. The fourth-order valence-electron chi connectivity index (χ4n) is 3.53. The smallest absolute Gasteiger partial charge is 0.307 e. The SMILES string of the molecule is CC1(C)[C@H](/C=C/Br)[C@@H]1CC(=O)OC(C#N)c1cccc(Oc2ccccc2)c1. The summed E-state index contributed by atoms with van der Waals surface area (Å²) in [5.74, 6) is 1.49. The topological polar surface area (TPSA) is 59.3 Å². The number of para-hydroxylation sites is 1. The highest BCUT2D eigenvalue weighted by molar-refractivity contribution is 9.11. The molecule has 0 amide bonds. The van der Waals surface area contributed by atoms with Crippen LogP contribution in [-0.4, -0.2) is 5.97 Å². The van der Waals surface area contributed by atoms with Crippen molar-refractivity contribution in [1.29, 1.82) is 5.26 Å². The van der Waals surface area contributed by atoms with Gasteiger partial charge in [0.15, 0.2) is 0 Å². The molecule has 1 fully saturated rings. The van der Waals surface area contributed by atoms with Crippen LogP contribution in [0, 0.1) is 28.6 Å². The molecule has 1 aliphatic rings. The standard InChI is InChI=1S/C23H22BrNO3/c1-23(2)19(11-12-24)20(23)14-22(26)28-21(15-25)16-7-6-10-18(13-16)27-17-8-4-3-5-9-17/h3-13,19-21H,14H2,1-2H3/b12-11+/t19-,20+,21?/m1/s1. The highest BCUT2D eigenvalue weighted by Crippen LogP contribution is 2.60. The second kappa shape index (κ2) is 8.62. The van der Waals surface area contributed by atoms with Gasteiger partial charge in [0.05, 0.1) is 0 Å². The minimum atomic E-state index is -0.959. The highest BCUT2D eigenvalue weighted by Gasteiger charge is 2.56. The minimum Gasteiger partial charge on any atom is -0.457 e. The van der Waals surface area contributed by atoms with E-state index < -0.39 is 6.10 Å². The third-order valence-electron chi connectivity index (χ3n) is 5.31. The number of halogens is 1. The van der Waals surface area contributed by atoms with Crippen molar-refractivity contribution in [3.8, 4) is 17.6 Å². The van der Waals surface area contributed by atoms with Crippen molar-refractivity contribution in [3.63, 3.8) is 0 Å². The van der Waals surface area contributed by atoms with E-state index in [-0.39, 0.29) is 17.3 Å². The maximum atomic E-state index is 12.4. The predicted molar refractivity (Wildman–Crippen MR) is 111 cm³/mol. The number of nitrogens with zero attached hydrogens (tertiary/aromatic N) is 1. The van der Waals surface area contributed by atoms with Crippen molar-refractivity contribution in [2.45, 2.75) is 26.4 Å². The van der Waals surface area contributed by atoms with Gasteiger partial charge >= 0.3 is 5.97 Å². The second-order valence-corrected chi connectivity index (χ2v) is 7.99. The molecule has 0 saturated heterocycles. The summed E-state index contributed by atoms with van der Waals surface area (Å²) in [5.41, 5.74) is 0.658. The predicted octanol–water partition coefficient (Wildman–Crippen LogP) is 6.16. The van der Waals surface area contributed by atoms with Gasteiger partial charge in [0.2, 0.25) is 6.10 Å². The third kappa shape index (κ3) is 4.63. The van der Waals surface area contributed by atoms with Crippen molar-refractivity contribution in [3.05, 3.63) is 71.2 Å². The Morgan fingerprint density at radius 2 is 1.93 bits per heavy atom. The van der Waals surface area contributed by atoms with Gasteiger partial charge in [0, 0.05) is 12.0 Å². The zero-order valence-electron chi connectivity index (χ0n) is 15.8. The number of benzene rings is 2. The van der Waals surface area contributed by atoms with Gasteiger partial charge in [-0.15, -0.1) is 0 Å². The molecule has 2 aromatic carbocycles. The molecule has 3 atom stereocenters. The first kappa shape index (κ1) is 20.2. The Morgan fingerprint density at radius 1 is 1.21 bits per heavy atom. The summed E-state index contributed by atoms with van der Waals surface area (Å²) in [6.07, 6.45) is 1.40. The number of allylic oxidation sites excluding steroid dienone is 1. The molecule has 28 heavy (non-hydrogen) atoms. The fourth-order valence-corrected chi connectivity index (χ4v) is 3.86. The third-order valence-corrected chi connectivity index (χ3v) is 5.62. The molecule has 5 heteroatoms. The molecular formula is C23H22BrNO3. The number of hydrogen-bond donors (Lipinski definition) is 0. The summed E-state index contributed by atoms with van der Waals surface area (Å²) in [7, 11) is 0. The Balaban J connectivity index is 1.64. The molecule has 0 radical (unpaired) electrons. The summed E-state index contributed by atoms with van der Waals surface area (Å²) >= 11 is 3.30. The van der Waals surface area contributed by atoms with Crippen molar-refractivity contribution in [2.24, 2.45) is 17.3 Å². The Kier molecular flexibility index (Phi) is 6.21. The number of carbonyl (C=O) groups excluding carboxylic acids is 1. The van der Waals surface area contributed by atoms with Crippen molar-refractivity contribution in [1.82, 2.24) is 0 Å². The van der Waals surface area contributed by atoms with E-state index in [0.29, 0.717) is 29.4 Å². The van der Waals surface area contributed by atoms with E-state index in [2.05, 4.69) is 41.9 Å². The molecule has 0 N–H and O–H groups in total. The molecule has 144 valence electrons. The van der Waals surface area contributed by atoms with Crippen LogP contribution < -0.4 is 4.74 Å². The molecule has 1 aliphatic carbocycles. The number of esters is 1. The van der Waals surface area contributed by atoms with Gasteiger partial charge < -0.3 is 9.47 Å². The van der Waals surface area contributed by atoms with E-state index >= 15 is 0 Å². The molecule has 2 aromatic rings. The molecule has 3 rings (SSSR count). The highest BCUT2D eigenvalue weighted by atomic mass is 79.9. The van der Waals surface area contributed by atoms with Crippen LogP contribution in [0.3, 0.4) is 0 Å². The van der Waals surface area contributed by atoms with E-state index in [0.717, 1.165) is 0 Å². The molecule has 1 saturated carbocycles. The monoisotopic (exact) mass is 439 g/mol. The van der Waals surface area contributed by atoms with Crippen LogP contribution in [0.4, 0.5) is 0 Å². The molecule has 0 heterocycles. The fraction of sp³-hybridized carbons (Fsp3) is 0.304. The Bertz CT molecular complexity index is 902. The zero-order chi connectivity index (χ0) is 20.1. The average molecular weight is 440 g/mol. The van der Waals surface area contributed by atoms with E-state index in [4.69, 9.17) is 9.47 Å². The lowest BCUT2D eigenvalue weighted by Gasteiger charge is -2.13. The van der Waals surface area contributed by atoms with Crippen molar-refractivity contribution in [2.75, 3.05) is 0 Å². The summed E-state index contributed by atoms with van der Waals surface area (Å²) in [5, 5.41) is 9.51. The van der Waals surface area contributed by atoms with Crippen LogP contribution in [0.25, 0.3) is 0 Å². The van der Waals surface area contributed by atoms with Gasteiger partial charge in [-0.2, -0.15) is 5.26 Å². The summed E-state index contributed by atoms with van der Waals surface area (Å²) in [6.45, 7) is 4.27. The van der Waals surface area contributed by atoms with Gasteiger partial charge in [-0.25, -0.2) is 0 Å². The lowest BCUT2D eigenvalue weighted by molar-refractivity contribution is -0.147. The molecule has 0 spiro atoms. The van der Waals surface area contributed by atoms with Crippen LogP contribution in [0.5, 0.6) is 11.5 Å². The lowest BCUT2D eigenvalue weighted by Crippen LogP contribution is -2.12. The summed E-state index contributed by atoms with van der Waals surface area (Å²) < 4.78 is 11.3. The lowest BCUT2D eigenvalue weighted by atomic mass is 10.1. The van der Waals surface area contributed by atoms with E-state index in [9.17, 15) is 10.1 Å². The maximum Gasteiger partial charge on any atom is 0.307 e. The van der Waals surface area contributed by atoms with Crippen LogP contribution >= 0.6 is 15.9 Å². The Hall–Kier alpha value is -2.58. The molecule has 0 bridgehead atoms. The second-order valence-electron chi connectivity index (χ2n) is 7.46. The number of hydrogen-bond acceptors (Lipinski definition) is 4. The number of ether oxygens (including phenoxy) is 2. The Labute approximate surface area is 173 Å². The van der Waals surface area contributed by atoms with Gasteiger partial charge in [-0.1, -0.05) is 66.2 Å². The minimum absolute atomic E-state index is 0.0644. The number of carbonyl (C=O) groups is 1. The average Bonchev–Trinajstić information content (AvgIpc) is 3.19. The molecule has 0 aromatic heterocycles. The van der Waals surface area contributed by atoms with Crippen LogP contribution in [0.15, 0.2) is 65.7 Å². The molecular weight excluding hydrogens is 418 g/mol. The maximum absolute atomic E-state index is 12.4. The molecule has 4 nitrogen and oxygen atoms in total. The van der Waals surface area contributed by atoms with Crippen LogP contribution in [0.2, 0.25) is 0 Å². The zero-order valence-corrected chi connectivity index (χ0v) is 17.4. The summed E-state index contributed by atoms with van der Waals surface area (Å²) in [4.78, 5) is 14.2. The Morgan fingerprint density at radius 3 is 2.61 bits per heavy atom. The van der Waals surface area contributed by atoms with Gasteiger partial charge in [-0.3, -0.25) is 4.79 Å². The van der Waals surface area contributed by atoms with E-state index in [1.165, 1.54) is 0 Å². The van der Waals surface area contributed by atoms with Gasteiger partial charge in [0.25, 0.3) is 0 Å². The van der Waals surface area contributed by atoms with E-state index in [1.54, 1.807) is 24.3 Å². The first-order valence-electron chi connectivity index (χ1n) is 9.14. The summed E-state index contributed by atoms with van der Waals surface area (Å²) in [6, 6.07) is 18.5. The largest absolute Gasteiger partial charge is 0.457 e. The van der Waals surface area contributed by atoms with Crippen LogP contribution in [-0.2, 0) is 9.53 Å². The van der Waals surface area contributed by atoms with Crippen molar-refractivity contribution >= 4 is 21.9 Å². The van der Waals surface area contributed by atoms with E-state index in [1.807, 2.05) is 35.3 Å². The normalized spacial score (nSPS) is 20.9. The number of rotatable bonds is 7. The molecule has 0 aliphatic heterocycles. The number of nitriles is 1. The van der Waals surface area contributed by atoms with Crippen molar-refractivity contribution < 1.29 is 14.3 Å². The molecule has 1 unspecified atom stereocenters. The van der Waals surface area contributed by atoms with Gasteiger partial charge in [-0.05, 0) is 46.5 Å².